The molecule has 1 atom stereocenters. The zero-order chi connectivity index (χ0) is 21.8. The molecule has 2 N–H and O–H groups in total. The van der Waals surface area contributed by atoms with Gasteiger partial charge >= 0.3 is 5.97 Å². The van der Waals surface area contributed by atoms with Crippen LogP contribution < -0.4 is 5.32 Å². The number of carbonyl (C=O) groups is 1. The maximum atomic E-state index is 14.4. The van der Waals surface area contributed by atoms with Crippen LogP contribution in [0.3, 0.4) is 0 Å². The number of rotatable bonds is 7. The molecule has 0 radical (unpaired) electrons. The summed E-state index contributed by atoms with van der Waals surface area (Å²) in [5, 5.41) is 3.70. The molecule has 164 valence electrons. The maximum Gasteiger partial charge on any atom is 0.307 e. The summed E-state index contributed by atoms with van der Waals surface area (Å²) in [6.07, 6.45) is 5.98. The Morgan fingerprint density at radius 1 is 1.35 bits per heavy atom. The van der Waals surface area contributed by atoms with E-state index in [1.165, 1.54) is 6.07 Å². The van der Waals surface area contributed by atoms with Gasteiger partial charge in [0.2, 0.25) is 0 Å². The summed E-state index contributed by atoms with van der Waals surface area (Å²) in [7, 11) is 0. The average molecular weight is 430 g/mol. The lowest BCUT2D eigenvalue weighted by atomic mass is 10.1. The first-order valence-electron chi connectivity index (χ1n) is 10.3. The summed E-state index contributed by atoms with van der Waals surface area (Å²) < 4.78 is 33.0. The van der Waals surface area contributed by atoms with Gasteiger partial charge in [0.15, 0.2) is 17.5 Å². The van der Waals surface area contributed by atoms with E-state index in [4.69, 9.17) is 4.74 Å². The average Bonchev–Trinajstić information content (AvgIpc) is 3.17. The summed E-state index contributed by atoms with van der Waals surface area (Å²) in [5.41, 5.74) is 1.05. The summed E-state index contributed by atoms with van der Waals surface area (Å²) >= 11 is 0. The maximum absolute atomic E-state index is 14.4. The molecule has 4 heterocycles. The van der Waals surface area contributed by atoms with Crippen molar-refractivity contribution in [2.45, 2.75) is 32.2 Å². The Balaban J connectivity index is 1.47. The fourth-order valence-corrected chi connectivity index (χ4v) is 3.81. The van der Waals surface area contributed by atoms with Gasteiger partial charge in [-0.25, -0.2) is 23.7 Å². The number of hydrogen-bond donors (Lipinski definition) is 2. The Kier molecular flexibility index (Phi) is 6.36. The van der Waals surface area contributed by atoms with Gasteiger partial charge in [-0.15, -0.1) is 0 Å². The van der Waals surface area contributed by atoms with Crippen molar-refractivity contribution in [2.24, 2.45) is 0 Å². The van der Waals surface area contributed by atoms with Crippen molar-refractivity contribution in [1.82, 2.24) is 24.8 Å². The van der Waals surface area contributed by atoms with Gasteiger partial charge in [0, 0.05) is 36.3 Å². The van der Waals surface area contributed by atoms with E-state index in [1.807, 2.05) is 0 Å². The van der Waals surface area contributed by atoms with E-state index >= 15 is 0 Å². The normalized spacial score (nSPS) is 17.1. The number of halogens is 2. The number of nitrogens with one attached hydrogen (secondary N) is 2. The molecule has 1 aliphatic heterocycles. The second kappa shape index (κ2) is 9.34. The van der Waals surface area contributed by atoms with Gasteiger partial charge < -0.3 is 19.9 Å². The van der Waals surface area contributed by atoms with Crippen molar-refractivity contribution >= 4 is 22.8 Å². The van der Waals surface area contributed by atoms with Crippen LogP contribution in [0.2, 0.25) is 0 Å². The second-order valence-electron chi connectivity index (χ2n) is 7.48. The zero-order valence-corrected chi connectivity index (χ0v) is 17.2. The number of aromatic amines is 1. The van der Waals surface area contributed by atoms with Crippen molar-refractivity contribution < 1.29 is 18.3 Å². The van der Waals surface area contributed by atoms with E-state index in [9.17, 15) is 13.6 Å². The van der Waals surface area contributed by atoms with Crippen LogP contribution in [-0.2, 0) is 9.53 Å². The highest BCUT2D eigenvalue weighted by molar-refractivity contribution is 5.91. The molecule has 10 heteroatoms. The summed E-state index contributed by atoms with van der Waals surface area (Å²) in [6.45, 7) is 4.30. The third-order valence-corrected chi connectivity index (χ3v) is 5.27. The predicted molar refractivity (Wildman–Crippen MR) is 111 cm³/mol. The fraction of sp³-hybridized carbons (Fsp3) is 0.429. The van der Waals surface area contributed by atoms with E-state index in [0.717, 1.165) is 31.8 Å². The fourth-order valence-electron chi connectivity index (χ4n) is 3.81. The van der Waals surface area contributed by atoms with Crippen LogP contribution in [0.25, 0.3) is 22.4 Å². The molecule has 0 spiro atoms. The van der Waals surface area contributed by atoms with E-state index < -0.39 is 11.6 Å². The van der Waals surface area contributed by atoms with Crippen LogP contribution in [-0.4, -0.2) is 63.1 Å². The largest absolute Gasteiger partial charge is 0.466 e. The predicted octanol–water partition coefficient (Wildman–Crippen LogP) is 3.13. The van der Waals surface area contributed by atoms with Crippen molar-refractivity contribution in [2.75, 3.05) is 31.6 Å². The number of hydrogen-bond acceptors (Lipinski definition) is 7. The first kappa shape index (κ1) is 21.1. The van der Waals surface area contributed by atoms with Crippen molar-refractivity contribution in [3.05, 3.63) is 36.3 Å². The number of pyridine rings is 1. The molecule has 3 aromatic rings. The van der Waals surface area contributed by atoms with Crippen LogP contribution in [0.15, 0.2) is 24.7 Å². The minimum absolute atomic E-state index is 0.0183. The molecular weight excluding hydrogens is 406 g/mol. The number of esters is 1. The highest BCUT2D eigenvalue weighted by atomic mass is 19.1. The molecule has 0 aliphatic carbocycles. The molecular formula is C21H24F2N6O2. The van der Waals surface area contributed by atoms with Gasteiger partial charge in [-0.05, 0) is 32.4 Å². The number of carbonyl (C=O) groups excluding carboxylic acids is 1. The Morgan fingerprint density at radius 3 is 3.06 bits per heavy atom. The summed E-state index contributed by atoms with van der Waals surface area (Å²) in [6, 6.07) is 1.33. The molecule has 0 unspecified atom stereocenters. The van der Waals surface area contributed by atoms with Crippen LogP contribution in [0, 0.1) is 11.6 Å². The highest BCUT2D eigenvalue weighted by Crippen LogP contribution is 2.27. The van der Waals surface area contributed by atoms with Crippen molar-refractivity contribution in [3.63, 3.8) is 0 Å². The van der Waals surface area contributed by atoms with Crippen molar-refractivity contribution in [3.8, 4) is 11.4 Å². The number of aromatic nitrogens is 4. The van der Waals surface area contributed by atoms with Crippen LogP contribution in [0.5, 0.6) is 0 Å². The number of anilines is 1. The molecule has 0 aromatic carbocycles. The van der Waals surface area contributed by atoms with Crippen molar-refractivity contribution in [1.29, 1.82) is 0 Å². The quantitative estimate of drug-likeness (QED) is 0.556. The highest BCUT2D eigenvalue weighted by Gasteiger charge is 2.22. The number of H-pyrrole nitrogens is 1. The molecule has 1 fully saturated rings. The lowest BCUT2D eigenvalue weighted by Gasteiger charge is -2.33. The summed E-state index contributed by atoms with van der Waals surface area (Å²) in [4.78, 5) is 29.1. The molecule has 4 rings (SSSR count). The Labute approximate surface area is 178 Å². The molecule has 0 amide bonds. The monoisotopic (exact) mass is 430 g/mol. The van der Waals surface area contributed by atoms with E-state index in [0.29, 0.717) is 42.7 Å². The van der Waals surface area contributed by atoms with Gasteiger partial charge in [-0.1, -0.05) is 0 Å². The molecule has 8 nitrogen and oxygen atoms in total. The van der Waals surface area contributed by atoms with Gasteiger partial charge in [-0.3, -0.25) is 4.79 Å². The molecule has 1 saturated heterocycles. The van der Waals surface area contributed by atoms with E-state index in [2.05, 4.69) is 30.2 Å². The van der Waals surface area contributed by atoms with Gasteiger partial charge in [0.05, 0.1) is 25.4 Å². The summed E-state index contributed by atoms with van der Waals surface area (Å²) in [5.74, 6) is -0.873. The molecule has 3 aromatic heterocycles. The lowest BCUT2D eigenvalue weighted by Crippen LogP contribution is -2.43. The van der Waals surface area contributed by atoms with E-state index in [1.54, 1.807) is 13.1 Å². The Bertz CT molecular complexity index is 1070. The Hall–Kier alpha value is -3.14. The smallest absolute Gasteiger partial charge is 0.307 e. The van der Waals surface area contributed by atoms with Gasteiger partial charge in [-0.2, -0.15) is 0 Å². The number of fused-ring (bicyclic) bond motifs is 1. The molecule has 1 aliphatic rings. The number of ether oxygens (including phenoxy) is 1. The van der Waals surface area contributed by atoms with Crippen LogP contribution >= 0.6 is 0 Å². The first-order chi connectivity index (χ1) is 15.0. The van der Waals surface area contributed by atoms with Gasteiger partial charge in [0.25, 0.3) is 0 Å². The minimum atomic E-state index is -0.559. The SMILES string of the molecule is CCOC(=O)CCN1CCC[C@@H](Nc2nc(-c3c[nH]c4ncc(F)cc34)ncc2F)C1. The number of nitrogens with zero attached hydrogens (tertiary/aromatic N) is 4. The molecule has 0 bridgehead atoms. The van der Waals surface area contributed by atoms with Crippen LogP contribution in [0.1, 0.15) is 26.2 Å². The van der Waals surface area contributed by atoms with E-state index in [-0.39, 0.29) is 23.7 Å². The van der Waals surface area contributed by atoms with Gasteiger partial charge in [0.1, 0.15) is 11.5 Å². The molecule has 0 saturated carbocycles. The number of likely N-dealkylation sites (tertiary alicyclic amines) is 1. The third kappa shape index (κ3) is 4.96. The molecule has 31 heavy (non-hydrogen) atoms. The zero-order valence-electron chi connectivity index (χ0n) is 17.2. The second-order valence-corrected chi connectivity index (χ2v) is 7.48. The van der Waals surface area contributed by atoms with Crippen LogP contribution in [0.4, 0.5) is 14.6 Å². The Morgan fingerprint density at radius 2 is 2.23 bits per heavy atom. The first-order valence-corrected chi connectivity index (χ1v) is 10.3. The standard InChI is InChI=1S/C21H24F2N6O2/c1-2-31-18(30)5-7-29-6-3-4-14(12-29)27-21-17(23)11-26-20(28-21)16-10-25-19-15(16)8-13(22)9-24-19/h8-11,14H,2-7,12H2,1H3,(H,24,25)(H,26,27,28)/t14-/m1/s1. The lowest BCUT2D eigenvalue weighted by molar-refractivity contribution is -0.143. The number of piperidine rings is 1. The minimum Gasteiger partial charge on any atom is -0.466 e. The topological polar surface area (TPSA) is 96.0 Å². The third-order valence-electron chi connectivity index (χ3n) is 5.27.